The monoisotopic (exact) mass is 532 g/mol. The lowest BCUT2D eigenvalue weighted by atomic mass is 9.78. The molecule has 1 aliphatic heterocycles. The van der Waals surface area contributed by atoms with Crippen molar-refractivity contribution in [3.05, 3.63) is 63.4 Å². The number of piperidine rings is 1. The number of carbonyl (C=O) groups excluding carboxylic acids is 2. The first-order valence-corrected chi connectivity index (χ1v) is 11.9. The van der Waals surface area contributed by atoms with E-state index in [4.69, 9.17) is 27.9 Å². The number of hydrogen-bond donors (Lipinski definition) is 1. The summed E-state index contributed by atoms with van der Waals surface area (Å²) in [5.41, 5.74) is -3.71. The minimum atomic E-state index is -5.07. The topological polar surface area (TPSA) is 79.7 Å². The number of esters is 1. The second-order valence-electron chi connectivity index (χ2n) is 8.35. The molecule has 1 saturated heterocycles. The molecule has 0 radical (unpaired) electrons. The van der Waals surface area contributed by atoms with E-state index in [1.807, 2.05) is 0 Å². The second-order valence-corrected chi connectivity index (χ2v) is 9.15. The van der Waals surface area contributed by atoms with E-state index in [1.165, 1.54) is 30.0 Å². The molecule has 1 aromatic heterocycles. The van der Waals surface area contributed by atoms with E-state index < -0.39 is 41.2 Å². The van der Waals surface area contributed by atoms with Gasteiger partial charge in [0.15, 0.2) is 5.60 Å². The summed E-state index contributed by atoms with van der Waals surface area (Å²) in [7, 11) is 0. The molecule has 6 nitrogen and oxygen atoms in total. The van der Waals surface area contributed by atoms with Crippen LogP contribution < -0.4 is 0 Å². The number of halogens is 5. The number of benzene rings is 1. The summed E-state index contributed by atoms with van der Waals surface area (Å²) in [6.45, 7) is 3.38. The van der Waals surface area contributed by atoms with Crippen LogP contribution in [0.5, 0.6) is 0 Å². The van der Waals surface area contributed by atoms with Crippen LogP contribution in [0.1, 0.15) is 60.5 Å². The van der Waals surface area contributed by atoms with E-state index in [9.17, 15) is 27.9 Å². The third-order valence-corrected chi connectivity index (χ3v) is 6.80. The highest BCUT2D eigenvalue weighted by molar-refractivity contribution is 6.32. The number of likely N-dealkylation sites (tertiary alicyclic amines) is 1. The second kappa shape index (κ2) is 10.7. The summed E-state index contributed by atoms with van der Waals surface area (Å²) in [6, 6.07) is 5.12. The zero-order valence-electron chi connectivity index (χ0n) is 19.1. The summed E-state index contributed by atoms with van der Waals surface area (Å²) in [5, 5.41) is 10.6. The van der Waals surface area contributed by atoms with E-state index >= 15 is 0 Å². The quantitative estimate of drug-likeness (QED) is 0.392. The number of alkyl halides is 3. The fourth-order valence-electron chi connectivity index (χ4n) is 4.36. The molecule has 3 rings (SSSR count). The lowest BCUT2D eigenvalue weighted by Gasteiger charge is -2.37. The van der Waals surface area contributed by atoms with Gasteiger partial charge in [0.05, 0.1) is 6.61 Å². The molecular weight excluding hydrogens is 508 g/mol. The number of carbonyl (C=O) groups is 2. The van der Waals surface area contributed by atoms with Crippen LogP contribution in [0.25, 0.3) is 0 Å². The molecule has 190 valence electrons. The van der Waals surface area contributed by atoms with Gasteiger partial charge in [0.1, 0.15) is 11.2 Å². The van der Waals surface area contributed by atoms with Gasteiger partial charge in [-0.2, -0.15) is 13.2 Å². The average Bonchev–Trinajstić information content (AvgIpc) is 2.82. The lowest BCUT2D eigenvalue weighted by Crippen LogP contribution is -2.48. The molecule has 0 aliphatic carbocycles. The molecule has 11 heteroatoms. The van der Waals surface area contributed by atoms with Crippen molar-refractivity contribution in [2.75, 3.05) is 13.2 Å². The molecule has 1 aromatic carbocycles. The number of rotatable bonds is 6. The predicted octanol–water partition coefficient (Wildman–Crippen LogP) is 5.50. The molecule has 0 saturated carbocycles. The Labute approximate surface area is 211 Å². The van der Waals surface area contributed by atoms with Gasteiger partial charge in [-0.3, -0.25) is 4.79 Å². The SMILES string of the molecule is CCOC(=O)C1CCCCN1C(=O)c1ccc(C(C)C(O)(c2ccnc(Cl)c2)C(F)(F)F)c(Cl)c1. The third kappa shape index (κ3) is 5.42. The van der Waals surface area contributed by atoms with E-state index in [1.54, 1.807) is 6.92 Å². The van der Waals surface area contributed by atoms with Crippen LogP contribution in [0.4, 0.5) is 13.2 Å². The molecular formula is C24H25Cl2F3N2O4. The number of aromatic nitrogens is 1. The van der Waals surface area contributed by atoms with E-state index in [2.05, 4.69) is 4.98 Å². The molecule has 1 amide bonds. The molecule has 0 bridgehead atoms. The highest BCUT2D eigenvalue weighted by atomic mass is 35.5. The van der Waals surface area contributed by atoms with Crippen LogP contribution >= 0.6 is 23.2 Å². The van der Waals surface area contributed by atoms with Crippen molar-refractivity contribution in [3.8, 4) is 0 Å². The lowest BCUT2D eigenvalue weighted by molar-refractivity contribution is -0.274. The van der Waals surface area contributed by atoms with Crippen molar-refractivity contribution in [1.29, 1.82) is 0 Å². The van der Waals surface area contributed by atoms with Gasteiger partial charge in [-0.1, -0.05) is 36.2 Å². The normalized spacial score (nSPS) is 19.1. The fourth-order valence-corrected chi connectivity index (χ4v) is 4.88. The largest absolute Gasteiger partial charge is 0.464 e. The summed E-state index contributed by atoms with van der Waals surface area (Å²) in [6.07, 6.45) is -2.07. The smallest absolute Gasteiger partial charge is 0.422 e. The maximum atomic E-state index is 14.2. The molecule has 35 heavy (non-hydrogen) atoms. The number of ether oxygens (including phenoxy) is 1. The third-order valence-electron chi connectivity index (χ3n) is 6.26. The molecule has 3 atom stereocenters. The Balaban J connectivity index is 1.95. The van der Waals surface area contributed by atoms with Gasteiger partial charge in [0.2, 0.25) is 0 Å². The van der Waals surface area contributed by atoms with Crippen LogP contribution in [-0.4, -0.2) is 52.2 Å². The summed E-state index contributed by atoms with van der Waals surface area (Å²) in [4.78, 5) is 30.6. The Kier molecular flexibility index (Phi) is 8.34. The van der Waals surface area contributed by atoms with Crippen LogP contribution in [-0.2, 0) is 15.1 Å². The zero-order valence-corrected chi connectivity index (χ0v) is 20.6. The molecule has 3 unspecified atom stereocenters. The van der Waals surface area contributed by atoms with Crippen molar-refractivity contribution < 1.29 is 32.6 Å². The van der Waals surface area contributed by atoms with Crippen molar-refractivity contribution in [2.45, 2.75) is 56.8 Å². The highest BCUT2D eigenvalue weighted by Gasteiger charge is 2.59. The Morgan fingerprint density at radius 1 is 1.23 bits per heavy atom. The van der Waals surface area contributed by atoms with Gasteiger partial charge < -0.3 is 14.7 Å². The van der Waals surface area contributed by atoms with Gasteiger partial charge in [0.25, 0.3) is 5.91 Å². The van der Waals surface area contributed by atoms with Crippen LogP contribution in [0.15, 0.2) is 36.5 Å². The average molecular weight is 533 g/mol. The van der Waals surface area contributed by atoms with Crippen molar-refractivity contribution >= 4 is 35.1 Å². The Morgan fingerprint density at radius 3 is 2.54 bits per heavy atom. The van der Waals surface area contributed by atoms with Gasteiger partial charge in [-0.05, 0) is 61.6 Å². The summed E-state index contributed by atoms with van der Waals surface area (Å²) in [5.74, 6) is -2.53. The van der Waals surface area contributed by atoms with Gasteiger partial charge >= 0.3 is 12.1 Å². The molecule has 1 fully saturated rings. The fraction of sp³-hybridized carbons (Fsp3) is 0.458. The van der Waals surface area contributed by atoms with Gasteiger partial charge in [-0.25, -0.2) is 9.78 Å². The standard InChI is InChI=1S/C24H25Cl2F3N2O4/c1-3-35-22(33)19-6-4-5-11-31(19)21(32)15-7-8-17(18(25)12-15)14(2)23(34,24(27,28)29)16-9-10-30-20(26)13-16/h7-10,12-14,19,34H,3-6,11H2,1-2H3. The van der Waals surface area contributed by atoms with Gasteiger partial charge in [-0.15, -0.1) is 0 Å². The number of aliphatic hydroxyl groups is 1. The van der Waals surface area contributed by atoms with Gasteiger partial charge in [0, 0.05) is 29.2 Å². The van der Waals surface area contributed by atoms with Crippen molar-refractivity contribution in [1.82, 2.24) is 9.88 Å². The Hall–Kier alpha value is -2.36. The maximum absolute atomic E-state index is 14.2. The summed E-state index contributed by atoms with van der Waals surface area (Å²) < 4.78 is 47.6. The molecule has 1 N–H and O–H groups in total. The Bertz CT molecular complexity index is 1100. The first-order valence-electron chi connectivity index (χ1n) is 11.1. The molecule has 2 heterocycles. The van der Waals surface area contributed by atoms with Crippen LogP contribution in [0, 0.1) is 0 Å². The van der Waals surface area contributed by atoms with E-state index in [0.717, 1.165) is 24.8 Å². The predicted molar refractivity (Wildman–Crippen MR) is 124 cm³/mol. The maximum Gasteiger partial charge on any atom is 0.422 e. The first kappa shape index (κ1) is 27.2. The van der Waals surface area contributed by atoms with Crippen molar-refractivity contribution in [3.63, 3.8) is 0 Å². The van der Waals surface area contributed by atoms with E-state index in [0.29, 0.717) is 19.4 Å². The van der Waals surface area contributed by atoms with Crippen LogP contribution in [0.2, 0.25) is 10.2 Å². The molecule has 0 spiro atoms. The summed E-state index contributed by atoms with van der Waals surface area (Å²) >= 11 is 12.1. The van der Waals surface area contributed by atoms with E-state index in [-0.39, 0.29) is 27.9 Å². The minimum Gasteiger partial charge on any atom is -0.464 e. The zero-order chi connectivity index (χ0) is 26.0. The Morgan fingerprint density at radius 2 is 1.94 bits per heavy atom. The number of hydrogen-bond acceptors (Lipinski definition) is 5. The van der Waals surface area contributed by atoms with Crippen molar-refractivity contribution in [2.24, 2.45) is 0 Å². The highest BCUT2D eigenvalue weighted by Crippen LogP contribution is 2.50. The molecule has 2 aromatic rings. The molecule has 1 aliphatic rings. The number of amides is 1. The van der Waals surface area contributed by atoms with Crippen LogP contribution in [0.3, 0.4) is 0 Å². The number of nitrogens with zero attached hydrogens (tertiary/aromatic N) is 2. The minimum absolute atomic E-state index is 0.0171. The first-order chi connectivity index (χ1) is 16.4. The number of pyridine rings is 1.